The molecule has 0 atom stereocenters. The van der Waals surface area contributed by atoms with Gasteiger partial charge < -0.3 is 9.14 Å². The molecule has 0 aliphatic carbocycles. The quantitative estimate of drug-likeness (QED) is 0.814. The van der Waals surface area contributed by atoms with Crippen LogP contribution in [0.15, 0.2) is 12.3 Å². The number of alkyl halides is 2. The van der Waals surface area contributed by atoms with Crippen LogP contribution >= 0.6 is 11.6 Å². The highest BCUT2D eigenvalue weighted by Gasteiger charge is 2.29. The first-order valence-corrected chi connectivity index (χ1v) is 6.37. The van der Waals surface area contributed by atoms with Crippen LogP contribution in [0.3, 0.4) is 0 Å². The van der Waals surface area contributed by atoms with Crippen LogP contribution in [-0.4, -0.2) is 22.0 Å². The second-order valence-electron chi connectivity index (χ2n) is 4.42. The fourth-order valence-electron chi connectivity index (χ4n) is 1.83. The summed E-state index contributed by atoms with van der Waals surface area (Å²) < 4.78 is 32.9. The van der Waals surface area contributed by atoms with Gasteiger partial charge in [-0.05, 0) is 19.9 Å². The summed E-state index contributed by atoms with van der Waals surface area (Å²) in [6.45, 7) is 4.25. The van der Waals surface area contributed by atoms with E-state index in [2.05, 4.69) is 4.98 Å². The SMILES string of the molecule is CCOC(=O)c1cc2nc(C(C)(F)F)cn2c(C)c1Cl. The van der Waals surface area contributed by atoms with Crippen molar-refractivity contribution in [2.45, 2.75) is 26.7 Å². The Morgan fingerprint density at radius 1 is 1.55 bits per heavy atom. The minimum atomic E-state index is -3.06. The third-order valence-corrected chi connectivity index (χ3v) is 3.34. The molecule has 20 heavy (non-hydrogen) atoms. The highest BCUT2D eigenvalue weighted by atomic mass is 35.5. The second-order valence-corrected chi connectivity index (χ2v) is 4.80. The Balaban J connectivity index is 2.65. The fraction of sp³-hybridized carbons (Fsp3) is 0.385. The Hall–Kier alpha value is -1.69. The van der Waals surface area contributed by atoms with Crippen molar-refractivity contribution in [1.82, 2.24) is 9.38 Å². The predicted molar refractivity (Wildman–Crippen MR) is 70.5 cm³/mol. The van der Waals surface area contributed by atoms with E-state index >= 15 is 0 Å². The maximum absolute atomic E-state index is 13.3. The summed E-state index contributed by atoms with van der Waals surface area (Å²) in [6.07, 6.45) is 1.21. The number of rotatable bonds is 3. The number of fused-ring (bicyclic) bond motifs is 1. The molecule has 0 amide bonds. The number of halogens is 3. The molecule has 2 rings (SSSR count). The summed E-state index contributed by atoms with van der Waals surface area (Å²) >= 11 is 6.09. The van der Waals surface area contributed by atoms with Crippen LogP contribution in [0.2, 0.25) is 5.02 Å². The van der Waals surface area contributed by atoms with E-state index in [0.29, 0.717) is 5.69 Å². The monoisotopic (exact) mass is 302 g/mol. The van der Waals surface area contributed by atoms with Crippen molar-refractivity contribution in [3.8, 4) is 0 Å². The largest absolute Gasteiger partial charge is 0.462 e. The molecule has 0 saturated carbocycles. The average Bonchev–Trinajstić information content (AvgIpc) is 2.78. The van der Waals surface area contributed by atoms with E-state index in [4.69, 9.17) is 16.3 Å². The number of aryl methyl sites for hydroxylation is 1. The summed E-state index contributed by atoms with van der Waals surface area (Å²) in [5.74, 6) is -3.66. The first-order chi connectivity index (χ1) is 9.25. The van der Waals surface area contributed by atoms with E-state index in [1.54, 1.807) is 13.8 Å². The van der Waals surface area contributed by atoms with Crippen LogP contribution in [0.25, 0.3) is 5.65 Å². The van der Waals surface area contributed by atoms with Crippen LogP contribution in [-0.2, 0) is 10.7 Å². The van der Waals surface area contributed by atoms with Crippen LogP contribution in [0.1, 0.15) is 35.6 Å². The summed E-state index contributed by atoms with van der Waals surface area (Å²) in [7, 11) is 0. The summed E-state index contributed by atoms with van der Waals surface area (Å²) in [5, 5.41) is 0.166. The summed E-state index contributed by atoms with van der Waals surface area (Å²) in [6, 6.07) is 1.35. The molecule has 0 spiro atoms. The van der Waals surface area contributed by atoms with Crippen LogP contribution in [0.4, 0.5) is 8.78 Å². The molecule has 0 bridgehead atoms. The topological polar surface area (TPSA) is 43.6 Å². The predicted octanol–water partition coefficient (Wildman–Crippen LogP) is 3.58. The molecule has 0 fully saturated rings. The number of imidazole rings is 1. The van der Waals surface area contributed by atoms with Gasteiger partial charge in [-0.2, -0.15) is 8.78 Å². The molecule has 0 aliphatic heterocycles. The number of pyridine rings is 1. The molecule has 2 heterocycles. The lowest BCUT2D eigenvalue weighted by Gasteiger charge is -2.08. The lowest BCUT2D eigenvalue weighted by molar-refractivity contribution is 0.0133. The van der Waals surface area contributed by atoms with Crippen LogP contribution < -0.4 is 0 Å². The smallest absolute Gasteiger partial charge is 0.339 e. The number of hydrogen-bond acceptors (Lipinski definition) is 3. The minimum Gasteiger partial charge on any atom is -0.462 e. The number of nitrogens with zero attached hydrogens (tertiary/aromatic N) is 2. The van der Waals surface area contributed by atoms with Gasteiger partial charge in [-0.3, -0.25) is 0 Å². The van der Waals surface area contributed by atoms with Crippen LogP contribution in [0.5, 0.6) is 0 Å². The standard InChI is InChI=1S/C13H13ClF2N2O2/c1-4-20-12(19)8-5-10-17-9(13(3,15)16)6-18(10)7(2)11(8)14/h5-6H,4H2,1-3H3. The van der Waals surface area contributed by atoms with Gasteiger partial charge in [0.05, 0.1) is 17.2 Å². The van der Waals surface area contributed by atoms with Crippen molar-refractivity contribution >= 4 is 23.2 Å². The number of esters is 1. The Kier molecular flexibility index (Phi) is 3.69. The molecule has 0 unspecified atom stereocenters. The zero-order chi connectivity index (χ0) is 15.1. The van der Waals surface area contributed by atoms with Crippen molar-refractivity contribution in [1.29, 1.82) is 0 Å². The van der Waals surface area contributed by atoms with E-state index in [9.17, 15) is 13.6 Å². The fourth-order valence-corrected chi connectivity index (χ4v) is 2.05. The highest BCUT2D eigenvalue weighted by Crippen LogP contribution is 2.29. The van der Waals surface area contributed by atoms with Crippen LogP contribution in [0, 0.1) is 6.92 Å². The van der Waals surface area contributed by atoms with Gasteiger partial charge >= 0.3 is 5.97 Å². The van der Waals surface area contributed by atoms with E-state index in [-0.39, 0.29) is 28.5 Å². The van der Waals surface area contributed by atoms with Gasteiger partial charge in [0, 0.05) is 18.8 Å². The number of ether oxygens (including phenoxy) is 1. The van der Waals surface area contributed by atoms with Gasteiger partial charge in [0.2, 0.25) is 0 Å². The van der Waals surface area contributed by atoms with Gasteiger partial charge in [-0.25, -0.2) is 9.78 Å². The molecule has 0 N–H and O–H groups in total. The molecule has 2 aromatic heterocycles. The Morgan fingerprint density at radius 3 is 2.75 bits per heavy atom. The molecule has 2 aromatic rings. The van der Waals surface area contributed by atoms with Gasteiger partial charge in [0.1, 0.15) is 11.3 Å². The molecule has 0 saturated heterocycles. The average molecular weight is 303 g/mol. The number of carbonyl (C=O) groups is 1. The van der Waals surface area contributed by atoms with Gasteiger partial charge in [-0.15, -0.1) is 0 Å². The molecule has 0 aromatic carbocycles. The Labute approximate surface area is 119 Å². The minimum absolute atomic E-state index is 0.120. The lowest BCUT2D eigenvalue weighted by atomic mass is 10.2. The first-order valence-electron chi connectivity index (χ1n) is 5.99. The third-order valence-electron chi connectivity index (χ3n) is 2.87. The summed E-state index contributed by atoms with van der Waals surface area (Å²) in [4.78, 5) is 15.6. The summed E-state index contributed by atoms with van der Waals surface area (Å²) in [5.41, 5.74) is 0.425. The first kappa shape index (κ1) is 14.7. The van der Waals surface area contributed by atoms with Crippen molar-refractivity contribution in [3.63, 3.8) is 0 Å². The lowest BCUT2D eigenvalue weighted by Crippen LogP contribution is -2.08. The second kappa shape index (κ2) is 5.01. The van der Waals surface area contributed by atoms with E-state index in [1.165, 1.54) is 16.7 Å². The van der Waals surface area contributed by atoms with Crippen molar-refractivity contribution in [2.75, 3.05) is 6.61 Å². The Bertz CT molecular complexity index is 677. The molecule has 7 heteroatoms. The molecular weight excluding hydrogens is 290 g/mol. The van der Waals surface area contributed by atoms with Crippen molar-refractivity contribution < 1.29 is 18.3 Å². The van der Waals surface area contributed by atoms with Crippen molar-refractivity contribution in [2.24, 2.45) is 0 Å². The normalized spacial score (nSPS) is 11.9. The molecule has 108 valence electrons. The molecule has 0 aliphatic rings. The maximum Gasteiger partial charge on any atom is 0.339 e. The number of hydrogen-bond donors (Lipinski definition) is 0. The van der Waals surface area contributed by atoms with Gasteiger partial charge in [0.15, 0.2) is 0 Å². The van der Waals surface area contributed by atoms with E-state index in [1.807, 2.05) is 0 Å². The third kappa shape index (κ3) is 2.47. The highest BCUT2D eigenvalue weighted by molar-refractivity contribution is 6.34. The molecule has 4 nitrogen and oxygen atoms in total. The molecular formula is C13H13ClF2N2O2. The van der Waals surface area contributed by atoms with Crippen molar-refractivity contribution in [3.05, 3.63) is 34.2 Å². The maximum atomic E-state index is 13.3. The van der Waals surface area contributed by atoms with Gasteiger partial charge in [0.25, 0.3) is 5.92 Å². The number of aromatic nitrogens is 2. The zero-order valence-electron chi connectivity index (χ0n) is 11.2. The molecule has 0 radical (unpaired) electrons. The Morgan fingerprint density at radius 2 is 2.20 bits per heavy atom. The van der Waals surface area contributed by atoms with E-state index in [0.717, 1.165) is 6.92 Å². The van der Waals surface area contributed by atoms with E-state index < -0.39 is 11.9 Å². The number of carbonyl (C=O) groups excluding carboxylic acids is 1. The van der Waals surface area contributed by atoms with Gasteiger partial charge in [-0.1, -0.05) is 11.6 Å². The zero-order valence-corrected chi connectivity index (χ0v) is 12.0.